The Hall–Kier alpha value is 0.270. The topological polar surface area (TPSA) is 15.3 Å². The highest BCUT2D eigenvalue weighted by Gasteiger charge is 2.29. The van der Waals surface area contributed by atoms with Crippen LogP contribution in [0.3, 0.4) is 0 Å². The molecule has 18 heavy (non-hydrogen) atoms. The normalized spacial score (nSPS) is 23.5. The van der Waals surface area contributed by atoms with Gasteiger partial charge in [0.25, 0.3) is 0 Å². The van der Waals surface area contributed by atoms with Crippen LogP contribution in [0.1, 0.15) is 46.5 Å². The lowest BCUT2D eigenvalue weighted by Crippen LogP contribution is -2.44. The van der Waals surface area contributed by atoms with Gasteiger partial charge < -0.3 is 10.2 Å². The maximum Gasteiger partial charge on any atom is 0.0191 e. The van der Waals surface area contributed by atoms with Gasteiger partial charge in [0.1, 0.15) is 0 Å². The molecule has 0 aromatic rings. The molecule has 1 rings (SSSR count). The summed E-state index contributed by atoms with van der Waals surface area (Å²) in [7, 11) is 2.32. The second-order valence-electron chi connectivity index (χ2n) is 6.17. The van der Waals surface area contributed by atoms with Crippen LogP contribution in [-0.4, -0.2) is 49.1 Å². The van der Waals surface area contributed by atoms with Gasteiger partial charge in [-0.1, -0.05) is 27.2 Å². The van der Waals surface area contributed by atoms with E-state index in [-0.39, 0.29) is 0 Å². The molecular weight excluding hydrogens is 240 g/mol. The molecule has 2 nitrogen and oxygen atoms in total. The van der Waals surface area contributed by atoms with Crippen molar-refractivity contribution < 1.29 is 0 Å². The number of nitrogens with zero attached hydrogens (tertiary/aromatic N) is 1. The van der Waals surface area contributed by atoms with Gasteiger partial charge in [0.2, 0.25) is 0 Å². The van der Waals surface area contributed by atoms with E-state index in [0.29, 0.717) is 5.41 Å². The third-order valence-electron chi connectivity index (χ3n) is 3.99. The highest BCUT2D eigenvalue weighted by atomic mass is 32.2. The maximum absolute atomic E-state index is 3.62. The van der Waals surface area contributed by atoms with Crippen LogP contribution >= 0.6 is 11.8 Å². The van der Waals surface area contributed by atoms with E-state index >= 15 is 0 Å². The van der Waals surface area contributed by atoms with Crippen molar-refractivity contribution in [1.29, 1.82) is 0 Å². The van der Waals surface area contributed by atoms with E-state index in [1.807, 2.05) is 0 Å². The minimum Gasteiger partial charge on any atom is -0.316 e. The van der Waals surface area contributed by atoms with E-state index in [2.05, 4.69) is 49.8 Å². The smallest absolute Gasteiger partial charge is 0.0191 e. The Labute approximate surface area is 118 Å². The number of hydrogen-bond donors (Lipinski definition) is 1. The van der Waals surface area contributed by atoms with Crippen LogP contribution in [-0.2, 0) is 0 Å². The number of thioether (sulfide) groups is 1. The molecule has 1 saturated heterocycles. The zero-order valence-electron chi connectivity index (χ0n) is 12.8. The van der Waals surface area contributed by atoms with Crippen LogP contribution in [0.2, 0.25) is 0 Å². The third kappa shape index (κ3) is 5.50. The van der Waals surface area contributed by atoms with Gasteiger partial charge in [-0.05, 0) is 44.0 Å². The van der Waals surface area contributed by atoms with E-state index in [9.17, 15) is 0 Å². The van der Waals surface area contributed by atoms with E-state index < -0.39 is 0 Å². The van der Waals surface area contributed by atoms with Crippen molar-refractivity contribution in [2.45, 2.75) is 52.5 Å². The molecule has 1 N–H and O–H groups in total. The first-order chi connectivity index (χ1) is 8.61. The van der Waals surface area contributed by atoms with Crippen LogP contribution in [0.25, 0.3) is 0 Å². The summed E-state index contributed by atoms with van der Waals surface area (Å²) in [6, 6.07) is 0.817. The van der Waals surface area contributed by atoms with E-state index in [1.54, 1.807) is 0 Å². The van der Waals surface area contributed by atoms with Crippen molar-refractivity contribution in [3.8, 4) is 0 Å². The Morgan fingerprint density at radius 2 is 2.11 bits per heavy atom. The average molecular weight is 273 g/mol. The summed E-state index contributed by atoms with van der Waals surface area (Å²) in [5.74, 6) is 2.69. The fourth-order valence-corrected chi connectivity index (χ4v) is 4.29. The third-order valence-corrected chi connectivity index (χ3v) is 5.14. The first kappa shape index (κ1) is 16.3. The summed E-state index contributed by atoms with van der Waals surface area (Å²) < 4.78 is 0. The second kappa shape index (κ2) is 8.44. The van der Waals surface area contributed by atoms with Crippen LogP contribution in [0.15, 0.2) is 0 Å². The van der Waals surface area contributed by atoms with Crippen molar-refractivity contribution in [3.05, 3.63) is 0 Å². The first-order valence-electron chi connectivity index (χ1n) is 7.60. The van der Waals surface area contributed by atoms with E-state index in [1.165, 1.54) is 50.3 Å². The summed E-state index contributed by atoms with van der Waals surface area (Å²) >= 11 is 2.11. The Morgan fingerprint density at radius 1 is 1.33 bits per heavy atom. The molecule has 0 aromatic heterocycles. The van der Waals surface area contributed by atoms with Gasteiger partial charge in [-0.25, -0.2) is 0 Å². The van der Waals surface area contributed by atoms with Crippen molar-refractivity contribution in [3.63, 3.8) is 0 Å². The van der Waals surface area contributed by atoms with Crippen molar-refractivity contribution >= 4 is 11.8 Å². The molecule has 2 unspecified atom stereocenters. The Morgan fingerprint density at radius 3 is 2.67 bits per heavy atom. The van der Waals surface area contributed by atoms with Gasteiger partial charge in [0, 0.05) is 24.9 Å². The molecule has 0 amide bonds. The molecule has 0 aliphatic carbocycles. The number of hydrogen-bond acceptors (Lipinski definition) is 3. The number of nitrogens with one attached hydrogen (secondary N) is 1. The number of rotatable bonds is 9. The molecule has 0 radical (unpaired) electrons. The highest BCUT2D eigenvalue weighted by molar-refractivity contribution is 7.99. The van der Waals surface area contributed by atoms with E-state index in [0.717, 1.165) is 12.6 Å². The minimum absolute atomic E-state index is 0.436. The molecule has 0 saturated carbocycles. The van der Waals surface area contributed by atoms with Crippen LogP contribution in [0.5, 0.6) is 0 Å². The summed E-state index contributed by atoms with van der Waals surface area (Å²) in [5, 5.41) is 3.62. The van der Waals surface area contributed by atoms with Crippen LogP contribution in [0.4, 0.5) is 0 Å². The highest BCUT2D eigenvalue weighted by Crippen LogP contribution is 2.28. The first-order valence-corrected chi connectivity index (χ1v) is 8.75. The van der Waals surface area contributed by atoms with Crippen LogP contribution < -0.4 is 5.32 Å². The average Bonchev–Trinajstić information content (AvgIpc) is 2.83. The lowest BCUT2D eigenvalue weighted by atomic mass is 9.84. The molecule has 1 aliphatic heterocycles. The Bertz CT molecular complexity index is 217. The van der Waals surface area contributed by atoms with Crippen LogP contribution in [0, 0.1) is 5.41 Å². The predicted octanol–water partition coefficient (Wildman–Crippen LogP) is 3.23. The monoisotopic (exact) mass is 272 g/mol. The van der Waals surface area contributed by atoms with Gasteiger partial charge in [-0.15, -0.1) is 0 Å². The van der Waals surface area contributed by atoms with Gasteiger partial charge >= 0.3 is 0 Å². The van der Waals surface area contributed by atoms with Gasteiger partial charge in [-0.2, -0.15) is 11.8 Å². The zero-order chi connectivity index (χ0) is 13.4. The summed E-state index contributed by atoms with van der Waals surface area (Å²) in [5.41, 5.74) is 0.436. The summed E-state index contributed by atoms with van der Waals surface area (Å²) in [6.07, 6.45) is 5.23. The molecule has 2 atom stereocenters. The zero-order valence-corrected chi connectivity index (χ0v) is 13.6. The Kier molecular flexibility index (Phi) is 7.66. The predicted molar refractivity (Wildman–Crippen MR) is 84.5 cm³/mol. The van der Waals surface area contributed by atoms with Crippen molar-refractivity contribution in [2.75, 3.05) is 38.2 Å². The van der Waals surface area contributed by atoms with Crippen molar-refractivity contribution in [2.24, 2.45) is 5.41 Å². The minimum atomic E-state index is 0.436. The van der Waals surface area contributed by atoms with Gasteiger partial charge in [0.15, 0.2) is 0 Å². The molecule has 1 heterocycles. The standard InChI is InChI=1S/C15H32N2S/c1-5-8-15(3,12-16-9-6-2)13-17(4)14-7-10-18-11-14/h14,16H,5-13H2,1-4H3. The summed E-state index contributed by atoms with van der Waals surface area (Å²) in [4.78, 5) is 2.61. The van der Waals surface area contributed by atoms with Crippen molar-refractivity contribution in [1.82, 2.24) is 10.2 Å². The SMILES string of the molecule is CCCNCC(C)(CCC)CN(C)C1CCSC1. The van der Waals surface area contributed by atoms with Gasteiger partial charge in [0.05, 0.1) is 0 Å². The molecule has 1 fully saturated rings. The van der Waals surface area contributed by atoms with Gasteiger partial charge in [-0.3, -0.25) is 0 Å². The Balaban J connectivity index is 2.43. The lowest BCUT2D eigenvalue weighted by Gasteiger charge is -2.36. The molecular formula is C15H32N2S. The quantitative estimate of drug-likeness (QED) is 0.649. The maximum atomic E-state index is 3.62. The summed E-state index contributed by atoms with van der Waals surface area (Å²) in [6.45, 7) is 10.6. The molecule has 108 valence electrons. The molecule has 3 heteroatoms. The molecule has 1 aliphatic rings. The lowest BCUT2D eigenvalue weighted by molar-refractivity contribution is 0.144. The molecule has 0 spiro atoms. The largest absolute Gasteiger partial charge is 0.316 e. The molecule has 0 aromatic carbocycles. The fraction of sp³-hybridized carbons (Fsp3) is 1.00. The second-order valence-corrected chi connectivity index (χ2v) is 7.32. The molecule has 0 bridgehead atoms. The van der Waals surface area contributed by atoms with E-state index in [4.69, 9.17) is 0 Å². The fourth-order valence-electron chi connectivity index (χ4n) is 2.99.